The molecular formula is C24H21ClN6OS. The van der Waals surface area contributed by atoms with Crippen LogP contribution in [0.25, 0.3) is 17.1 Å². The molecule has 0 unspecified atom stereocenters. The zero-order valence-corrected chi connectivity index (χ0v) is 19.6. The number of aryl methyl sites for hydroxylation is 1. The molecule has 166 valence electrons. The number of aromatic nitrogens is 4. The number of hydrogen-bond donors (Lipinski definition) is 1. The Hall–Kier alpha value is -3.49. The van der Waals surface area contributed by atoms with Crippen LogP contribution in [0.3, 0.4) is 0 Å². The molecule has 0 saturated carbocycles. The first-order chi connectivity index (χ1) is 16.0. The molecule has 0 aliphatic rings. The van der Waals surface area contributed by atoms with Gasteiger partial charge in [0.05, 0.1) is 11.5 Å². The van der Waals surface area contributed by atoms with Crippen molar-refractivity contribution in [2.75, 3.05) is 5.75 Å². The summed E-state index contributed by atoms with van der Waals surface area (Å²) in [5.74, 6) is 0.579. The second kappa shape index (κ2) is 10.4. The molecule has 1 amide bonds. The number of benzene rings is 2. The van der Waals surface area contributed by atoms with Crippen molar-refractivity contribution in [3.8, 4) is 17.1 Å². The monoisotopic (exact) mass is 476 g/mol. The van der Waals surface area contributed by atoms with E-state index in [0.717, 1.165) is 22.4 Å². The number of amides is 1. The molecule has 4 aromatic rings. The Morgan fingerprint density at radius 3 is 2.42 bits per heavy atom. The fraction of sp³-hybridized carbons (Fsp3) is 0.125. The lowest BCUT2D eigenvalue weighted by Gasteiger charge is -2.10. The summed E-state index contributed by atoms with van der Waals surface area (Å²) in [5.41, 5.74) is 7.12. The number of pyridine rings is 1. The molecule has 0 fully saturated rings. The average molecular weight is 477 g/mol. The fourth-order valence-corrected chi connectivity index (χ4v) is 3.91. The van der Waals surface area contributed by atoms with Crippen LogP contribution in [-0.2, 0) is 4.79 Å². The van der Waals surface area contributed by atoms with Crippen molar-refractivity contribution in [2.45, 2.75) is 19.0 Å². The van der Waals surface area contributed by atoms with E-state index in [1.807, 2.05) is 66.9 Å². The molecule has 2 heterocycles. The SMILES string of the molecule is CC(=NNC(=O)CSc1nnc(-c2ccncc2)n1-c1ccc(C)cc1)c1ccc(Cl)cc1. The number of halogens is 1. The van der Waals surface area contributed by atoms with Crippen LogP contribution in [-0.4, -0.2) is 37.1 Å². The highest BCUT2D eigenvalue weighted by molar-refractivity contribution is 7.99. The largest absolute Gasteiger partial charge is 0.272 e. The first kappa shape index (κ1) is 22.7. The van der Waals surface area contributed by atoms with Gasteiger partial charge in [-0.3, -0.25) is 14.3 Å². The highest BCUT2D eigenvalue weighted by Gasteiger charge is 2.17. The number of carbonyl (C=O) groups excluding carboxylic acids is 1. The molecule has 9 heteroatoms. The highest BCUT2D eigenvalue weighted by Crippen LogP contribution is 2.27. The van der Waals surface area contributed by atoms with Gasteiger partial charge < -0.3 is 0 Å². The second-order valence-corrected chi connectivity index (χ2v) is 8.62. The summed E-state index contributed by atoms with van der Waals surface area (Å²) >= 11 is 7.21. The molecule has 0 bridgehead atoms. The van der Waals surface area contributed by atoms with Gasteiger partial charge in [0.2, 0.25) is 0 Å². The number of nitrogens with zero attached hydrogens (tertiary/aromatic N) is 5. The van der Waals surface area contributed by atoms with Crippen molar-refractivity contribution in [1.82, 2.24) is 25.2 Å². The van der Waals surface area contributed by atoms with Crippen LogP contribution in [0.15, 0.2) is 83.3 Å². The Bertz CT molecular complexity index is 1270. The normalized spacial score (nSPS) is 11.4. The summed E-state index contributed by atoms with van der Waals surface area (Å²) in [4.78, 5) is 16.5. The first-order valence-electron chi connectivity index (χ1n) is 10.2. The van der Waals surface area contributed by atoms with E-state index in [-0.39, 0.29) is 11.7 Å². The molecule has 0 atom stereocenters. The number of hydrogen-bond acceptors (Lipinski definition) is 6. The van der Waals surface area contributed by atoms with E-state index in [4.69, 9.17) is 11.6 Å². The van der Waals surface area contributed by atoms with E-state index < -0.39 is 0 Å². The molecule has 2 aromatic carbocycles. The summed E-state index contributed by atoms with van der Waals surface area (Å²) in [6.45, 7) is 3.86. The van der Waals surface area contributed by atoms with Gasteiger partial charge in [0, 0.05) is 28.7 Å². The fourth-order valence-electron chi connectivity index (χ4n) is 3.04. The first-order valence-corrected chi connectivity index (χ1v) is 11.5. The third-order valence-electron chi connectivity index (χ3n) is 4.81. The summed E-state index contributed by atoms with van der Waals surface area (Å²) < 4.78 is 1.94. The van der Waals surface area contributed by atoms with Gasteiger partial charge in [-0.2, -0.15) is 5.10 Å². The molecule has 0 aliphatic carbocycles. The van der Waals surface area contributed by atoms with Gasteiger partial charge in [-0.25, -0.2) is 5.43 Å². The predicted molar refractivity (Wildman–Crippen MR) is 132 cm³/mol. The maximum Gasteiger partial charge on any atom is 0.250 e. The minimum Gasteiger partial charge on any atom is -0.272 e. The van der Waals surface area contributed by atoms with Crippen LogP contribution in [0.1, 0.15) is 18.1 Å². The van der Waals surface area contributed by atoms with Gasteiger partial charge in [-0.05, 0) is 55.8 Å². The minimum absolute atomic E-state index is 0.137. The van der Waals surface area contributed by atoms with E-state index in [1.165, 1.54) is 11.8 Å². The summed E-state index contributed by atoms with van der Waals surface area (Å²) in [7, 11) is 0. The highest BCUT2D eigenvalue weighted by atomic mass is 35.5. The molecule has 4 rings (SSSR count). The maximum absolute atomic E-state index is 12.4. The van der Waals surface area contributed by atoms with Crippen molar-refractivity contribution < 1.29 is 4.79 Å². The van der Waals surface area contributed by atoms with Gasteiger partial charge in [0.1, 0.15) is 0 Å². The van der Waals surface area contributed by atoms with Crippen molar-refractivity contribution in [3.05, 3.63) is 89.2 Å². The van der Waals surface area contributed by atoms with E-state index in [2.05, 4.69) is 25.7 Å². The van der Waals surface area contributed by atoms with E-state index in [9.17, 15) is 4.79 Å². The number of thioether (sulfide) groups is 1. The molecule has 0 spiro atoms. The van der Waals surface area contributed by atoms with Gasteiger partial charge in [0.25, 0.3) is 5.91 Å². The summed E-state index contributed by atoms with van der Waals surface area (Å²) in [6.07, 6.45) is 3.43. The Morgan fingerprint density at radius 1 is 1.03 bits per heavy atom. The van der Waals surface area contributed by atoms with Crippen LogP contribution < -0.4 is 5.43 Å². The number of rotatable bonds is 7. The smallest absolute Gasteiger partial charge is 0.250 e. The maximum atomic E-state index is 12.4. The molecule has 7 nitrogen and oxygen atoms in total. The minimum atomic E-state index is -0.239. The van der Waals surface area contributed by atoms with Crippen LogP contribution in [0.5, 0.6) is 0 Å². The van der Waals surface area contributed by atoms with Crippen molar-refractivity contribution in [3.63, 3.8) is 0 Å². The lowest BCUT2D eigenvalue weighted by atomic mass is 10.1. The van der Waals surface area contributed by atoms with Crippen molar-refractivity contribution in [2.24, 2.45) is 5.10 Å². The van der Waals surface area contributed by atoms with Gasteiger partial charge >= 0.3 is 0 Å². The van der Waals surface area contributed by atoms with Crippen LogP contribution in [0.2, 0.25) is 5.02 Å². The Morgan fingerprint density at radius 2 is 1.73 bits per heavy atom. The Balaban J connectivity index is 1.51. The molecule has 1 N–H and O–H groups in total. The van der Waals surface area contributed by atoms with E-state index in [0.29, 0.717) is 21.7 Å². The quantitative estimate of drug-likeness (QED) is 0.232. The molecule has 0 saturated heterocycles. The zero-order valence-electron chi connectivity index (χ0n) is 18.1. The van der Waals surface area contributed by atoms with Crippen LogP contribution >= 0.6 is 23.4 Å². The van der Waals surface area contributed by atoms with E-state index in [1.54, 1.807) is 24.5 Å². The Labute approximate surface area is 200 Å². The predicted octanol–water partition coefficient (Wildman–Crippen LogP) is 4.92. The topological polar surface area (TPSA) is 85.1 Å². The lowest BCUT2D eigenvalue weighted by molar-refractivity contribution is -0.118. The molecule has 0 radical (unpaired) electrons. The molecule has 2 aromatic heterocycles. The second-order valence-electron chi connectivity index (χ2n) is 7.24. The molecule has 0 aliphatic heterocycles. The lowest BCUT2D eigenvalue weighted by Crippen LogP contribution is -2.21. The molecule has 33 heavy (non-hydrogen) atoms. The third kappa shape index (κ3) is 5.66. The zero-order chi connectivity index (χ0) is 23.2. The standard InChI is InChI=1S/C24H21ClN6OS/c1-16-3-9-21(10-4-16)31-23(19-11-13-26-14-12-19)29-30-24(31)33-15-22(32)28-27-17(2)18-5-7-20(25)8-6-18/h3-14H,15H2,1-2H3,(H,28,32). The van der Waals surface area contributed by atoms with Crippen LogP contribution in [0.4, 0.5) is 0 Å². The number of hydrazone groups is 1. The van der Waals surface area contributed by atoms with Gasteiger partial charge in [-0.15, -0.1) is 10.2 Å². The number of carbonyl (C=O) groups is 1. The number of nitrogens with one attached hydrogen (secondary N) is 1. The third-order valence-corrected chi connectivity index (χ3v) is 5.99. The summed E-state index contributed by atoms with van der Waals surface area (Å²) in [5, 5.41) is 14.2. The van der Waals surface area contributed by atoms with Gasteiger partial charge in [-0.1, -0.05) is 53.2 Å². The van der Waals surface area contributed by atoms with Crippen molar-refractivity contribution >= 4 is 35.0 Å². The Kier molecular flexibility index (Phi) is 7.16. The van der Waals surface area contributed by atoms with Crippen molar-refractivity contribution in [1.29, 1.82) is 0 Å². The molecular weight excluding hydrogens is 456 g/mol. The van der Waals surface area contributed by atoms with E-state index >= 15 is 0 Å². The average Bonchev–Trinajstić information content (AvgIpc) is 3.26. The summed E-state index contributed by atoms with van der Waals surface area (Å²) in [6, 6.07) is 19.1. The van der Waals surface area contributed by atoms with Gasteiger partial charge in [0.15, 0.2) is 11.0 Å². The van der Waals surface area contributed by atoms with Crippen LogP contribution in [0, 0.1) is 6.92 Å².